The Bertz CT molecular complexity index is 998. The van der Waals surface area contributed by atoms with Crippen LogP contribution in [0.25, 0.3) is 0 Å². The molecule has 3 heterocycles. The molecule has 1 saturated heterocycles. The lowest BCUT2D eigenvalue weighted by Gasteiger charge is -2.26. The largest absolute Gasteiger partial charge is 0.356 e. The van der Waals surface area contributed by atoms with Crippen molar-refractivity contribution in [2.75, 3.05) is 20.6 Å². The SMILES string of the molecule is CN(C)C(C(=O)N1Cc2ccc(CNC(=O)CCC3CCC(=O)NC3)cc2C1)c1cscn1. The average Bonchev–Trinajstić information content (AvgIpc) is 3.47. The minimum absolute atomic E-state index is 0.0290. The second-order valence-electron chi connectivity index (χ2n) is 9.10. The van der Waals surface area contributed by atoms with E-state index in [4.69, 9.17) is 0 Å². The van der Waals surface area contributed by atoms with Crippen molar-refractivity contribution < 1.29 is 14.4 Å². The number of benzene rings is 1. The van der Waals surface area contributed by atoms with Crippen LogP contribution in [-0.4, -0.2) is 53.1 Å². The molecule has 0 radical (unpaired) electrons. The number of carbonyl (C=O) groups is 3. The zero-order valence-electron chi connectivity index (χ0n) is 19.2. The number of amides is 3. The number of likely N-dealkylation sites (N-methyl/N-ethyl adjacent to an activating group) is 1. The van der Waals surface area contributed by atoms with Gasteiger partial charge in [0.15, 0.2) is 0 Å². The maximum absolute atomic E-state index is 13.2. The fourth-order valence-corrected chi connectivity index (χ4v) is 5.08. The monoisotopic (exact) mass is 469 g/mol. The van der Waals surface area contributed by atoms with Crippen molar-refractivity contribution in [3.63, 3.8) is 0 Å². The molecule has 0 spiro atoms. The smallest absolute Gasteiger partial charge is 0.246 e. The van der Waals surface area contributed by atoms with Crippen molar-refractivity contribution in [1.82, 2.24) is 25.4 Å². The van der Waals surface area contributed by atoms with E-state index in [0.717, 1.165) is 35.2 Å². The van der Waals surface area contributed by atoms with E-state index in [-0.39, 0.29) is 23.8 Å². The molecule has 4 rings (SSSR count). The summed E-state index contributed by atoms with van der Waals surface area (Å²) in [7, 11) is 3.80. The third-order valence-corrected chi connectivity index (χ3v) is 7.03. The number of aromatic nitrogens is 1. The Hall–Kier alpha value is -2.78. The molecular formula is C24H31N5O3S. The molecule has 2 atom stereocenters. The normalized spacial score (nSPS) is 18.7. The van der Waals surface area contributed by atoms with Gasteiger partial charge in [-0.15, -0.1) is 11.3 Å². The summed E-state index contributed by atoms with van der Waals surface area (Å²) in [4.78, 5) is 44.9. The van der Waals surface area contributed by atoms with Crippen molar-refractivity contribution in [2.45, 2.75) is 51.4 Å². The van der Waals surface area contributed by atoms with Crippen molar-refractivity contribution in [2.24, 2.45) is 5.92 Å². The highest BCUT2D eigenvalue weighted by atomic mass is 32.1. The minimum atomic E-state index is -0.387. The van der Waals surface area contributed by atoms with Crippen LogP contribution in [-0.2, 0) is 34.0 Å². The van der Waals surface area contributed by atoms with E-state index in [1.807, 2.05) is 35.3 Å². The van der Waals surface area contributed by atoms with Crippen LogP contribution in [0.2, 0.25) is 0 Å². The van der Waals surface area contributed by atoms with E-state index in [2.05, 4.69) is 27.8 Å². The Morgan fingerprint density at radius 2 is 2.12 bits per heavy atom. The van der Waals surface area contributed by atoms with Crippen LogP contribution in [0.3, 0.4) is 0 Å². The van der Waals surface area contributed by atoms with E-state index in [1.165, 1.54) is 11.3 Å². The maximum atomic E-state index is 13.2. The molecule has 2 N–H and O–H groups in total. The predicted octanol–water partition coefficient (Wildman–Crippen LogP) is 2.21. The first-order chi connectivity index (χ1) is 15.9. The van der Waals surface area contributed by atoms with E-state index in [1.54, 1.807) is 5.51 Å². The summed E-state index contributed by atoms with van der Waals surface area (Å²) in [5, 5.41) is 7.80. The molecule has 0 aliphatic carbocycles. The van der Waals surface area contributed by atoms with Gasteiger partial charge in [-0.3, -0.25) is 19.3 Å². The third-order valence-electron chi connectivity index (χ3n) is 6.42. The van der Waals surface area contributed by atoms with Crippen molar-refractivity contribution in [3.8, 4) is 0 Å². The first kappa shape index (κ1) is 23.4. The molecule has 1 fully saturated rings. The summed E-state index contributed by atoms with van der Waals surface area (Å²) in [6.45, 7) is 2.30. The molecule has 8 nitrogen and oxygen atoms in total. The molecule has 3 amide bonds. The van der Waals surface area contributed by atoms with Crippen molar-refractivity contribution in [1.29, 1.82) is 0 Å². The first-order valence-electron chi connectivity index (χ1n) is 11.4. The van der Waals surface area contributed by atoms with Gasteiger partial charge in [0.1, 0.15) is 6.04 Å². The van der Waals surface area contributed by atoms with Gasteiger partial charge in [0.2, 0.25) is 17.7 Å². The van der Waals surface area contributed by atoms with E-state index < -0.39 is 0 Å². The molecule has 0 saturated carbocycles. The molecule has 1 aromatic carbocycles. The van der Waals surface area contributed by atoms with Crippen LogP contribution in [0, 0.1) is 5.92 Å². The third kappa shape index (κ3) is 5.78. The highest BCUT2D eigenvalue weighted by Crippen LogP contribution is 2.29. The van der Waals surface area contributed by atoms with Gasteiger partial charge in [-0.1, -0.05) is 18.2 Å². The van der Waals surface area contributed by atoms with E-state index in [9.17, 15) is 14.4 Å². The Balaban J connectivity index is 1.29. The molecule has 2 unspecified atom stereocenters. The van der Waals surface area contributed by atoms with Gasteiger partial charge in [-0.2, -0.15) is 0 Å². The number of rotatable bonds is 8. The minimum Gasteiger partial charge on any atom is -0.356 e. The molecule has 1 aromatic heterocycles. The highest BCUT2D eigenvalue weighted by Gasteiger charge is 2.32. The molecule has 176 valence electrons. The number of thiazole rings is 1. The summed E-state index contributed by atoms with van der Waals surface area (Å²) in [5.41, 5.74) is 5.85. The number of nitrogens with one attached hydrogen (secondary N) is 2. The molecule has 2 aliphatic heterocycles. The lowest BCUT2D eigenvalue weighted by Crippen LogP contribution is -2.37. The van der Waals surface area contributed by atoms with Crippen LogP contribution >= 0.6 is 11.3 Å². The molecule has 9 heteroatoms. The lowest BCUT2D eigenvalue weighted by molar-refractivity contribution is -0.137. The number of hydrogen-bond donors (Lipinski definition) is 2. The van der Waals surface area contributed by atoms with Crippen LogP contribution in [0.4, 0.5) is 0 Å². The van der Waals surface area contributed by atoms with Gasteiger partial charge in [0.05, 0.1) is 11.2 Å². The van der Waals surface area contributed by atoms with E-state index in [0.29, 0.717) is 44.9 Å². The number of carbonyl (C=O) groups excluding carboxylic acids is 3. The zero-order chi connectivity index (χ0) is 23.4. The standard InChI is InChI=1S/C24H31N5O3S/c1-28(2)23(20-14-33-15-27-20)24(32)29-12-18-6-3-17(9-19(18)13-29)11-26-22(31)8-5-16-4-7-21(30)25-10-16/h3,6,9,14-16,23H,4-5,7-8,10-13H2,1-2H3,(H,25,30)(H,26,31). The van der Waals surface area contributed by atoms with Gasteiger partial charge >= 0.3 is 0 Å². The Kier molecular flexibility index (Phi) is 7.39. The Morgan fingerprint density at radius 1 is 1.30 bits per heavy atom. The quantitative estimate of drug-likeness (QED) is 0.618. The second kappa shape index (κ2) is 10.4. The first-order valence-corrected chi connectivity index (χ1v) is 12.3. The Morgan fingerprint density at radius 3 is 2.82 bits per heavy atom. The topological polar surface area (TPSA) is 94.6 Å². The molecule has 2 aromatic rings. The van der Waals surface area contributed by atoms with Gasteiger partial charge in [-0.05, 0) is 49.5 Å². The summed E-state index contributed by atoms with van der Waals surface area (Å²) < 4.78 is 0. The molecule has 33 heavy (non-hydrogen) atoms. The molecule has 0 bridgehead atoms. The van der Waals surface area contributed by atoms with Crippen LogP contribution < -0.4 is 10.6 Å². The van der Waals surface area contributed by atoms with Crippen LogP contribution in [0.5, 0.6) is 0 Å². The number of nitrogens with zero attached hydrogens (tertiary/aromatic N) is 3. The maximum Gasteiger partial charge on any atom is 0.246 e. The summed E-state index contributed by atoms with van der Waals surface area (Å²) >= 11 is 1.49. The van der Waals surface area contributed by atoms with Gasteiger partial charge in [0, 0.05) is 44.4 Å². The van der Waals surface area contributed by atoms with Crippen LogP contribution in [0.15, 0.2) is 29.1 Å². The van der Waals surface area contributed by atoms with E-state index >= 15 is 0 Å². The average molecular weight is 470 g/mol. The van der Waals surface area contributed by atoms with Gasteiger partial charge in [-0.25, -0.2) is 4.98 Å². The fourth-order valence-electron chi connectivity index (χ4n) is 4.51. The lowest BCUT2D eigenvalue weighted by atomic mass is 9.94. The summed E-state index contributed by atoms with van der Waals surface area (Å²) in [6.07, 6.45) is 2.67. The fraction of sp³-hybridized carbons (Fsp3) is 0.500. The Labute approximate surface area is 198 Å². The summed E-state index contributed by atoms with van der Waals surface area (Å²) in [6, 6.07) is 5.78. The van der Waals surface area contributed by atoms with Crippen LogP contribution in [0.1, 0.15) is 54.1 Å². The zero-order valence-corrected chi connectivity index (χ0v) is 20.0. The second-order valence-corrected chi connectivity index (χ2v) is 9.82. The number of fused-ring (bicyclic) bond motifs is 1. The predicted molar refractivity (Wildman–Crippen MR) is 126 cm³/mol. The summed E-state index contributed by atoms with van der Waals surface area (Å²) in [5.74, 6) is 0.567. The van der Waals surface area contributed by atoms with Crippen molar-refractivity contribution >= 4 is 29.1 Å². The highest BCUT2D eigenvalue weighted by molar-refractivity contribution is 7.07. The van der Waals surface area contributed by atoms with Gasteiger partial charge < -0.3 is 15.5 Å². The van der Waals surface area contributed by atoms with Gasteiger partial charge in [0.25, 0.3) is 0 Å². The number of piperidine rings is 1. The number of hydrogen-bond acceptors (Lipinski definition) is 6. The molecule has 2 aliphatic rings. The van der Waals surface area contributed by atoms with Crippen molar-refractivity contribution in [3.05, 3.63) is 51.5 Å². The molecular weight excluding hydrogens is 438 g/mol.